The highest BCUT2D eigenvalue weighted by Gasteiger charge is 2.34. The molecule has 0 aromatic heterocycles. The molecular weight excluding hydrogens is 1010 g/mol. The van der Waals surface area contributed by atoms with E-state index >= 15 is 0 Å². The van der Waals surface area contributed by atoms with E-state index in [1.165, 1.54) is 0 Å². The Hall–Kier alpha value is -6.89. The van der Waals surface area contributed by atoms with Gasteiger partial charge in [-0.3, -0.25) is 53.5 Å². The fraction of sp³-hybridized carbons (Fsp3) is 0.733. The predicted octanol–water partition coefficient (Wildman–Crippen LogP) is -5.84. The molecule has 31 heteroatoms. The molecule has 8 atom stereocenters. The molecule has 0 aromatic rings. The van der Waals surface area contributed by atoms with Crippen LogP contribution < -0.4 is 94.6 Å². The predicted molar refractivity (Wildman–Crippen MR) is 294 cm³/mol. The lowest BCUT2D eigenvalue weighted by Crippen LogP contribution is -2.60. The summed E-state index contributed by atoms with van der Waals surface area (Å²) in [5, 5.41) is 28.2. The Bertz CT molecular complexity index is 1960. The number of aliphatic imine (C=N–C) groups is 4. The number of carboxylic acids is 1. The highest BCUT2D eigenvalue weighted by molar-refractivity contribution is 7.80. The Balaban J connectivity index is 6.75. The maximum absolute atomic E-state index is 14.2. The van der Waals surface area contributed by atoms with Gasteiger partial charge in [0.15, 0.2) is 23.8 Å². The number of rotatable bonds is 40. The monoisotopic (exact) mass is 1100 g/mol. The third-order valence-electron chi connectivity index (χ3n) is 11.1. The summed E-state index contributed by atoms with van der Waals surface area (Å²) in [6.07, 6.45) is 2.17. The van der Waals surface area contributed by atoms with Crippen LogP contribution in [0.5, 0.6) is 0 Å². The van der Waals surface area contributed by atoms with Crippen molar-refractivity contribution in [3.63, 3.8) is 0 Å². The van der Waals surface area contributed by atoms with Gasteiger partial charge in [0.2, 0.25) is 41.4 Å². The van der Waals surface area contributed by atoms with Crippen molar-refractivity contribution in [3.05, 3.63) is 0 Å². The number of carbonyl (C=O) groups excluding carboxylic acids is 7. The summed E-state index contributed by atoms with van der Waals surface area (Å²) in [7, 11) is 0. The number of thiol groups is 1. The maximum atomic E-state index is 14.2. The molecule has 0 saturated carbocycles. The van der Waals surface area contributed by atoms with Crippen LogP contribution in [-0.4, -0.2) is 163 Å². The lowest BCUT2D eigenvalue weighted by atomic mass is 10.0. The van der Waals surface area contributed by atoms with Crippen molar-refractivity contribution in [1.29, 1.82) is 0 Å². The summed E-state index contributed by atoms with van der Waals surface area (Å²) in [5.74, 6) is -8.13. The van der Waals surface area contributed by atoms with Gasteiger partial charge in [0, 0.05) is 31.9 Å². The Labute approximate surface area is 450 Å². The molecule has 76 heavy (non-hydrogen) atoms. The minimum Gasteiger partial charge on any atom is -0.480 e. The second kappa shape index (κ2) is 38.6. The summed E-state index contributed by atoms with van der Waals surface area (Å²) in [6, 6.07) is -10.1. The molecule has 0 saturated heterocycles. The fourth-order valence-electron chi connectivity index (χ4n) is 7.23. The normalized spacial score (nSPS) is 14.1. The van der Waals surface area contributed by atoms with Crippen molar-refractivity contribution < 1.29 is 43.5 Å². The van der Waals surface area contributed by atoms with Crippen LogP contribution in [-0.2, 0) is 38.4 Å². The lowest BCUT2D eigenvalue weighted by molar-refractivity contribution is -0.143. The summed E-state index contributed by atoms with van der Waals surface area (Å²) >= 11 is 4.31. The molecule has 0 aliphatic carbocycles. The van der Waals surface area contributed by atoms with E-state index in [4.69, 9.17) is 57.3 Å². The molecule has 434 valence electrons. The second-order valence-corrected chi connectivity index (χ2v) is 19.3. The number of hydrogen-bond acceptors (Lipinski definition) is 15. The summed E-state index contributed by atoms with van der Waals surface area (Å²) < 4.78 is 0. The molecule has 7 amide bonds. The molecule has 0 aromatic carbocycles. The smallest absolute Gasteiger partial charge is 0.326 e. The van der Waals surface area contributed by atoms with Gasteiger partial charge >= 0.3 is 5.97 Å². The van der Waals surface area contributed by atoms with Crippen LogP contribution >= 0.6 is 12.6 Å². The largest absolute Gasteiger partial charge is 0.480 e. The second-order valence-electron chi connectivity index (χ2n) is 18.9. The van der Waals surface area contributed by atoms with E-state index in [2.05, 4.69) is 69.8 Å². The van der Waals surface area contributed by atoms with Gasteiger partial charge < -0.3 is 99.7 Å². The first kappa shape index (κ1) is 69.1. The van der Waals surface area contributed by atoms with E-state index in [1.54, 1.807) is 27.7 Å². The quantitative estimate of drug-likeness (QED) is 0.0118. The highest BCUT2D eigenvalue weighted by atomic mass is 32.1. The number of guanidine groups is 4. The van der Waals surface area contributed by atoms with Crippen LogP contribution in [0.25, 0.3) is 0 Å². The van der Waals surface area contributed by atoms with Crippen molar-refractivity contribution in [2.45, 2.75) is 160 Å². The minimum atomic E-state index is -1.39. The molecule has 0 bridgehead atoms. The first-order valence-electron chi connectivity index (χ1n) is 25.4. The van der Waals surface area contributed by atoms with Gasteiger partial charge in [-0.15, -0.1) is 0 Å². The lowest BCUT2D eigenvalue weighted by Gasteiger charge is -2.28. The molecule has 0 heterocycles. The average Bonchev–Trinajstić information content (AvgIpc) is 3.32. The number of nitrogens with two attached hydrogens (primary N) is 10. The van der Waals surface area contributed by atoms with Crippen molar-refractivity contribution >= 4 is 83.8 Å². The number of carbonyl (C=O) groups is 8. The standard InChI is InChI=1S/C45H89N21O9S/c1-24(2)21-31(39(72)63-28(13-8-18-57-43(50)51)36(69)61-29(14-9-19-58-44(52)53)37(70)65-32(41(74)75)22-25(3)4)64-40(73)33(23-76)66-38(71)30(15-10-20-59-45(54)55)62-35(68)27(12-5-6-16-46)60-34(67)26(47)11-7-17-56-42(48)49/h24-33,76H,5-23,46-47H2,1-4H3,(H,60,67)(H,61,69)(H,62,68)(H,63,72)(H,64,73)(H,65,70)(H,66,71)(H,74,75)(H4,48,49,56)(H4,50,51,57)(H4,52,53,58)(H4,54,55,59)/t26-,27-,28-,29-,30-,31-,32-,33-/m0/s1. The summed E-state index contributed by atoms with van der Waals surface area (Å²) in [6.45, 7) is 7.85. The van der Waals surface area contributed by atoms with Crippen LogP contribution in [0.1, 0.15) is 111 Å². The first-order chi connectivity index (χ1) is 35.7. The third kappa shape index (κ3) is 31.8. The van der Waals surface area contributed by atoms with Gasteiger partial charge in [-0.25, -0.2) is 4.79 Å². The van der Waals surface area contributed by atoms with Crippen molar-refractivity contribution in [2.75, 3.05) is 38.5 Å². The van der Waals surface area contributed by atoms with E-state index in [1.807, 2.05) is 0 Å². The molecule has 0 fully saturated rings. The minimum absolute atomic E-state index is 0.0367. The number of carboxylic acid groups (broad SMARTS) is 1. The van der Waals surface area contributed by atoms with Gasteiger partial charge in [0.25, 0.3) is 0 Å². The van der Waals surface area contributed by atoms with Crippen LogP contribution in [0.3, 0.4) is 0 Å². The molecular formula is C45H89N21O9S. The highest BCUT2D eigenvalue weighted by Crippen LogP contribution is 2.12. The van der Waals surface area contributed by atoms with E-state index in [-0.39, 0.29) is 132 Å². The van der Waals surface area contributed by atoms with Crippen LogP contribution in [0.15, 0.2) is 20.0 Å². The van der Waals surface area contributed by atoms with Crippen molar-refractivity contribution in [3.8, 4) is 0 Å². The van der Waals surface area contributed by atoms with Gasteiger partial charge in [-0.1, -0.05) is 27.7 Å². The van der Waals surface area contributed by atoms with E-state index in [9.17, 15) is 43.5 Å². The zero-order valence-corrected chi connectivity index (χ0v) is 45.3. The third-order valence-corrected chi connectivity index (χ3v) is 11.5. The topological polar surface area (TPSA) is 551 Å². The van der Waals surface area contributed by atoms with E-state index in [0.29, 0.717) is 25.8 Å². The van der Waals surface area contributed by atoms with Gasteiger partial charge in [-0.2, -0.15) is 12.6 Å². The Morgan fingerprint density at radius 1 is 0.408 bits per heavy atom. The number of amides is 7. The molecule has 0 unspecified atom stereocenters. The Kier molecular flexibility index (Phi) is 35.1. The SMILES string of the molecule is CC(C)C[C@H](NC(=O)[C@H](CCCN=C(N)N)NC(=O)[C@H](CCCN=C(N)N)NC(=O)[C@H](CC(C)C)NC(=O)[C@H](CS)NC(=O)[C@H](CCCN=C(N)N)NC(=O)[C@H](CCCCN)NC(=O)[C@@H](N)CCCN=C(N)N)C(=O)O. The summed E-state index contributed by atoms with van der Waals surface area (Å²) in [4.78, 5) is 125. The maximum Gasteiger partial charge on any atom is 0.326 e. The van der Waals surface area contributed by atoms with Gasteiger partial charge in [0.05, 0.1) is 6.04 Å². The van der Waals surface area contributed by atoms with E-state index < -0.39 is 95.7 Å². The van der Waals surface area contributed by atoms with Crippen LogP contribution in [0, 0.1) is 11.8 Å². The zero-order valence-electron chi connectivity index (χ0n) is 44.4. The number of nitrogens with one attached hydrogen (secondary N) is 7. The van der Waals surface area contributed by atoms with Gasteiger partial charge in [-0.05, 0) is 102 Å². The molecule has 30 nitrogen and oxygen atoms in total. The van der Waals surface area contributed by atoms with Crippen LogP contribution in [0.2, 0.25) is 0 Å². The fourth-order valence-corrected chi connectivity index (χ4v) is 7.49. The molecule has 0 rings (SSSR count). The zero-order chi connectivity index (χ0) is 57.9. The molecule has 0 aliphatic heterocycles. The van der Waals surface area contributed by atoms with Crippen molar-refractivity contribution in [1.82, 2.24) is 37.2 Å². The molecule has 28 N–H and O–H groups in total. The molecule has 0 radical (unpaired) electrons. The Morgan fingerprint density at radius 2 is 0.684 bits per heavy atom. The van der Waals surface area contributed by atoms with Crippen LogP contribution in [0.4, 0.5) is 0 Å². The number of aliphatic carboxylic acids is 1. The molecule has 0 spiro atoms. The average molecular weight is 1100 g/mol. The number of hydrogen-bond donors (Lipinski definition) is 19. The van der Waals surface area contributed by atoms with E-state index in [0.717, 1.165) is 0 Å². The number of unbranched alkanes of at least 4 members (excludes halogenated alkanes) is 1. The van der Waals surface area contributed by atoms with Crippen molar-refractivity contribution in [2.24, 2.45) is 89.1 Å². The first-order valence-corrected chi connectivity index (χ1v) is 26.0. The Morgan fingerprint density at radius 3 is 1.01 bits per heavy atom. The summed E-state index contributed by atoms with van der Waals surface area (Å²) in [5.41, 5.74) is 55.5. The van der Waals surface area contributed by atoms with Gasteiger partial charge in [0.1, 0.15) is 42.3 Å². The molecule has 0 aliphatic rings. The number of nitrogens with zero attached hydrogens (tertiary/aromatic N) is 4.